The van der Waals surface area contributed by atoms with Crippen LogP contribution in [0.5, 0.6) is 0 Å². The highest BCUT2D eigenvalue weighted by Gasteiger charge is 1.98. The number of amides is 1. The minimum Gasteiger partial charge on any atom is -0.356 e. The lowest BCUT2D eigenvalue weighted by atomic mass is 10.1. The number of carbonyl (C=O) groups is 2. The summed E-state index contributed by atoms with van der Waals surface area (Å²) in [4.78, 5) is 21.8. The van der Waals surface area contributed by atoms with Crippen LogP contribution < -0.4 is 5.32 Å². The number of rotatable bonds is 8. The molecule has 3 nitrogen and oxygen atoms in total. The molecule has 0 aliphatic rings. The molecule has 0 saturated heterocycles. The average molecular weight is 259 g/mol. The molecule has 0 saturated carbocycles. The molecule has 0 atom stereocenters. The fourth-order valence-corrected chi connectivity index (χ4v) is 1.15. The summed E-state index contributed by atoms with van der Waals surface area (Å²) in [5.74, 6) is 0.442. The Hall–Kier alpha value is -0.860. The monoisotopic (exact) mass is 259 g/mol. The van der Waals surface area contributed by atoms with Gasteiger partial charge in [-0.25, -0.2) is 0 Å². The second kappa shape index (κ2) is 21.4. The maximum absolute atomic E-state index is 10.9. The van der Waals surface area contributed by atoms with E-state index >= 15 is 0 Å². The lowest BCUT2D eigenvalue weighted by Crippen LogP contribution is -2.23. The third-order valence-corrected chi connectivity index (χ3v) is 2.17. The number of unbranched alkanes of at least 4 members (excludes halogenated alkanes) is 2. The zero-order valence-corrected chi connectivity index (χ0v) is 13.3. The normalized spacial score (nSPS) is 8.33. The van der Waals surface area contributed by atoms with Gasteiger partial charge in [0.25, 0.3) is 0 Å². The summed E-state index contributed by atoms with van der Waals surface area (Å²) in [6.45, 7) is 12.5. The minimum atomic E-state index is 0.106. The molecule has 1 amide bonds. The van der Waals surface area contributed by atoms with Gasteiger partial charge in [-0.15, -0.1) is 0 Å². The number of ketones is 1. The van der Waals surface area contributed by atoms with Crippen molar-refractivity contribution in [2.75, 3.05) is 6.54 Å². The van der Waals surface area contributed by atoms with E-state index in [1.54, 1.807) is 0 Å². The van der Waals surface area contributed by atoms with E-state index in [1.165, 1.54) is 0 Å². The number of hydrogen-bond donors (Lipinski definition) is 1. The van der Waals surface area contributed by atoms with Gasteiger partial charge in [0.1, 0.15) is 5.78 Å². The van der Waals surface area contributed by atoms with E-state index < -0.39 is 0 Å². The SMILES string of the molecule is CC.CC.CCC(=O)CCCCCNC(=O)CC. The molecule has 0 radical (unpaired) electrons. The smallest absolute Gasteiger partial charge is 0.219 e. The van der Waals surface area contributed by atoms with Gasteiger partial charge in [0.05, 0.1) is 0 Å². The Morgan fingerprint density at radius 3 is 1.83 bits per heavy atom. The summed E-state index contributed by atoms with van der Waals surface area (Å²) in [6.07, 6.45) is 4.84. The summed E-state index contributed by atoms with van der Waals surface area (Å²) < 4.78 is 0. The first kappa shape index (κ1) is 22.3. The Balaban J connectivity index is -0.000000506. The Morgan fingerprint density at radius 2 is 1.39 bits per heavy atom. The topological polar surface area (TPSA) is 46.2 Å². The van der Waals surface area contributed by atoms with E-state index in [0.717, 1.165) is 25.8 Å². The molecule has 18 heavy (non-hydrogen) atoms. The van der Waals surface area contributed by atoms with Crippen LogP contribution in [0.2, 0.25) is 0 Å². The van der Waals surface area contributed by atoms with Gasteiger partial charge in [0.2, 0.25) is 5.91 Å². The molecule has 110 valence electrons. The molecular weight excluding hydrogens is 226 g/mol. The quantitative estimate of drug-likeness (QED) is 0.667. The van der Waals surface area contributed by atoms with Crippen molar-refractivity contribution in [3.05, 3.63) is 0 Å². The van der Waals surface area contributed by atoms with Crippen LogP contribution in [0.4, 0.5) is 0 Å². The van der Waals surface area contributed by atoms with E-state index in [0.29, 0.717) is 25.0 Å². The van der Waals surface area contributed by atoms with Crippen LogP contribution in [0, 0.1) is 0 Å². The molecule has 0 rings (SSSR count). The predicted molar refractivity (Wildman–Crippen MR) is 79.8 cm³/mol. The molecule has 0 aromatic rings. The Labute approximate surface area is 114 Å². The second-order valence-electron chi connectivity index (χ2n) is 3.41. The number of Topliss-reactive ketones (excluding diaryl/α,β-unsaturated/α-hetero) is 1. The maximum atomic E-state index is 10.9. The Bertz CT molecular complexity index is 159. The summed E-state index contributed by atoms with van der Waals surface area (Å²) >= 11 is 0. The van der Waals surface area contributed by atoms with Crippen LogP contribution in [0.15, 0.2) is 0 Å². The third-order valence-electron chi connectivity index (χ3n) is 2.17. The number of carbonyl (C=O) groups excluding carboxylic acids is 2. The molecule has 0 unspecified atom stereocenters. The zero-order valence-electron chi connectivity index (χ0n) is 13.3. The molecule has 0 aliphatic heterocycles. The first-order valence-corrected chi connectivity index (χ1v) is 7.49. The zero-order chi connectivity index (χ0) is 14.8. The van der Waals surface area contributed by atoms with E-state index in [9.17, 15) is 9.59 Å². The first-order valence-electron chi connectivity index (χ1n) is 7.49. The van der Waals surface area contributed by atoms with Gasteiger partial charge >= 0.3 is 0 Å². The van der Waals surface area contributed by atoms with E-state index in [2.05, 4.69) is 5.32 Å². The molecule has 0 aromatic heterocycles. The van der Waals surface area contributed by atoms with Crippen LogP contribution in [0.1, 0.15) is 80.1 Å². The van der Waals surface area contributed by atoms with Crippen molar-refractivity contribution in [1.29, 1.82) is 0 Å². The summed E-state index contributed by atoms with van der Waals surface area (Å²) in [6, 6.07) is 0. The molecule has 0 heterocycles. The van der Waals surface area contributed by atoms with E-state index in [-0.39, 0.29) is 5.91 Å². The molecule has 0 aromatic carbocycles. The highest BCUT2D eigenvalue weighted by atomic mass is 16.1. The highest BCUT2D eigenvalue weighted by molar-refractivity contribution is 5.77. The highest BCUT2D eigenvalue weighted by Crippen LogP contribution is 2.01. The molecule has 0 bridgehead atoms. The van der Waals surface area contributed by atoms with E-state index in [1.807, 2.05) is 41.5 Å². The summed E-state index contributed by atoms with van der Waals surface area (Å²) in [5, 5.41) is 2.81. The van der Waals surface area contributed by atoms with Crippen molar-refractivity contribution >= 4 is 11.7 Å². The number of hydrogen-bond acceptors (Lipinski definition) is 2. The molecule has 0 spiro atoms. The predicted octanol–water partition coefficient (Wildman–Crippen LogP) is 4.10. The number of nitrogens with one attached hydrogen (secondary N) is 1. The second-order valence-corrected chi connectivity index (χ2v) is 3.41. The van der Waals surface area contributed by atoms with Gasteiger partial charge in [-0.1, -0.05) is 48.0 Å². The molecule has 0 aliphatic carbocycles. The van der Waals surface area contributed by atoms with Crippen LogP contribution in [0.25, 0.3) is 0 Å². The van der Waals surface area contributed by atoms with Crippen molar-refractivity contribution in [3.63, 3.8) is 0 Å². The first-order chi connectivity index (χ1) is 8.70. The van der Waals surface area contributed by atoms with Gasteiger partial charge < -0.3 is 5.32 Å². The summed E-state index contributed by atoms with van der Waals surface area (Å²) in [5.41, 5.74) is 0. The maximum Gasteiger partial charge on any atom is 0.219 e. The standard InChI is InChI=1S/C11H21NO2.2C2H6/c1-3-10(13)8-6-5-7-9-12-11(14)4-2;2*1-2/h3-9H2,1-2H3,(H,12,14);2*1-2H3. The molecular formula is C15H33NO2. The van der Waals surface area contributed by atoms with Crippen LogP contribution in [0.3, 0.4) is 0 Å². The average Bonchev–Trinajstić information content (AvgIpc) is 2.46. The van der Waals surface area contributed by atoms with Crippen molar-refractivity contribution in [2.24, 2.45) is 0 Å². The lowest BCUT2D eigenvalue weighted by molar-refractivity contribution is -0.121. The van der Waals surface area contributed by atoms with Crippen molar-refractivity contribution in [3.8, 4) is 0 Å². The van der Waals surface area contributed by atoms with Crippen molar-refractivity contribution in [1.82, 2.24) is 5.32 Å². The Kier molecular flexibility index (Phi) is 26.6. The fourth-order valence-electron chi connectivity index (χ4n) is 1.15. The minimum absolute atomic E-state index is 0.106. The lowest BCUT2D eigenvalue weighted by Gasteiger charge is -2.02. The van der Waals surface area contributed by atoms with Gasteiger partial charge in [-0.05, 0) is 12.8 Å². The van der Waals surface area contributed by atoms with Gasteiger partial charge in [0, 0.05) is 25.8 Å². The van der Waals surface area contributed by atoms with Gasteiger partial charge in [0.15, 0.2) is 0 Å². The van der Waals surface area contributed by atoms with Crippen LogP contribution >= 0.6 is 0 Å². The molecule has 1 N–H and O–H groups in total. The van der Waals surface area contributed by atoms with Crippen LogP contribution in [-0.2, 0) is 9.59 Å². The molecule has 3 heteroatoms. The largest absolute Gasteiger partial charge is 0.356 e. The third kappa shape index (κ3) is 20.5. The van der Waals surface area contributed by atoms with Crippen molar-refractivity contribution in [2.45, 2.75) is 80.1 Å². The van der Waals surface area contributed by atoms with Gasteiger partial charge in [-0.2, -0.15) is 0 Å². The van der Waals surface area contributed by atoms with E-state index in [4.69, 9.17) is 0 Å². The van der Waals surface area contributed by atoms with Gasteiger partial charge in [-0.3, -0.25) is 9.59 Å². The van der Waals surface area contributed by atoms with Crippen molar-refractivity contribution < 1.29 is 9.59 Å². The summed E-state index contributed by atoms with van der Waals surface area (Å²) in [7, 11) is 0. The Morgan fingerprint density at radius 1 is 0.833 bits per heavy atom. The molecule has 0 fully saturated rings. The fraction of sp³-hybridized carbons (Fsp3) is 0.867. The van der Waals surface area contributed by atoms with Crippen LogP contribution in [-0.4, -0.2) is 18.2 Å².